The highest BCUT2D eigenvalue weighted by atomic mass is 16.3. The molecule has 0 saturated carbocycles. The summed E-state index contributed by atoms with van der Waals surface area (Å²) >= 11 is 0. The molecule has 0 bridgehead atoms. The predicted molar refractivity (Wildman–Crippen MR) is 237 cm³/mol. The maximum absolute atomic E-state index is 6.33. The van der Waals surface area contributed by atoms with Gasteiger partial charge in [0.1, 0.15) is 5.52 Å². The Morgan fingerprint density at radius 2 is 0.947 bits per heavy atom. The summed E-state index contributed by atoms with van der Waals surface area (Å²) < 4.78 is 8.69. The molecular weight excluding hydrogens is 695 g/mol. The molecule has 0 amide bonds. The molecule has 2 aromatic heterocycles. The van der Waals surface area contributed by atoms with Gasteiger partial charge in [-0.2, -0.15) is 0 Å². The summed E-state index contributed by atoms with van der Waals surface area (Å²) in [6.45, 7) is 0. The Kier molecular flexibility index (Phi) is 7.78. The first-order chi connectivity index (χ1) is 28.2. The Labute approximate surface area is 330 Å². The van der Waals surface area contributed by atoms with Gasteiger partial charge in [0.25, 0.3) is 0 Å². The van der Waals surface area contributed by atoms with Crippen molar-refractivity contribution in [1.82, 2.24) is 9.55 Å². The lowest BCUT2D eigenvalue weighted by Crippen LogP contribution is -2.10. The number of para-hydroxylation sites is 2. The number of hydrogen-bond acceptors (Lipinski definition) is 3. The molecule has 57 heavy (non-hydrogen) atoms. The lowest BCUT2D eigenvalue weighted by Gasteiger charge is -2.26. The number of nitrogens with zero attached hydrogens (tertiary/aromatic N) is 3. The maximum atomic E-state index is 6.33. The van der Waals surface area contributed by atoms with Crippen molar-refractivity contribution in [2.24, 2.45) is 0 Å². The SMILES string of the molecule is c1ccc(-c2ccc(N(c3ccc(-c4ccc5c(ccc6nc(-c7ccccc7)oc65)c4)cc3)c3ccc4c(c3)c3ccccc3n4-c3ccccc3)cc2)cc1. The van der Waals surface area contributed by atoms with Crippen LogP contribution in [0, 0.1) is 0 Å². The van der Waals surface area contributed by atoms with Gasteiger partial charge in [-0.05, 0) is 119 Å². The molecule has 0 saturated heterocycles. The molecule has 9 aromatic carbocycles. The summed E-state index contributed by atoms with van der Waals surface area (Å²) in [6, 6.07) is 75.3. The van der Waals surface area contributed by atoms with Gasteiger partial charge in [0.05, 0.1) is 11.0 Å². The van der Waals surface area contributed by atoms with E-state index in [4.69, 9.17) is 9.40 Å². The molecule has 268 valence electrons. The van der Waals surface area contributed by atoms with E-state index in [1.54, 1.807) is 0 Å². The number of benzene rings is 9. The first kappa shape index (κ1) is 32.7. The molecule has 0 unspecified atom stereocenters. The molecule has 11 aromatic rings. The van der Waals surface area contributed by atoms with E-state index in [1.807, 2.05) is 30.3 Å². The van der Waals surface area contributed by atoms with Crippen molar-refractivity contribution < 1.29 is 4.42 Å². The van der Waals surface area contributed by atoms with Crippen molar-refractivity contribution in [2.45, 2.75) is 0 Å². The summed E-state index contributed by atoms with van der Waals surface area (Å²) in [4.78, 5) is 7.14. The van der Waals surface area contributed by atoms with E-state index < -0.39 is 0 Å². The second-order valence-corrected chi connectivity index (χ2v) is 14.4. The summed E-state index contributed by atoms with van der Waals surface area (Å²) in [5, 5.41) is 4.60. The fraction of sp³-hybridized carbons (Fsp3) is 0. The van der Waals surface area contributed by atoms with Crippen LogP contribution in [0.5, 0.6) is 0 Å². The van der Waals surface area contributed by atoms with Crippen LogP contribution in [0.25, 0.3) is 83.1 Å². The third-order valence-electron chi connectivity index (χ3n) is 11.0. The van der Waals surface area contributed by atoms with Gasteiger partial charge in [0.15, 0.2) is 5.58 Å². The third-order valence-corrected chi connectivity index (χ3v) is 11.0. The summed E-state index contributed by atoms with van der Waals surface area (Å²) in [5.41, 5.74) is 14.1. The highest BCUT2D eigenvalue weighted by Gasteiger charge is 2.18. The predicted octanol–water partition coefficient (Wildman–Crippen LogP) is 14.5. The molecule has 4 nitrogen and oxygen atoms in total. The van der Waals surface area contributed by atoms with Crippen LogP contribution in [0.3, 0.4) is 0 Å². The normalized spacial score (nSPS) is 11.5. The molecular formula is C53H35N3O. The average Bonchev–Trinajstić information content (AvgIpc) is 3.88. The monoisotopic (exact) mass is 729 g/mol. The Morgan fingerprint density at radius 3 is 1.67 bits per heavy atom. The van der Waals surface area contributed by atoms with Gasteiger partial charge in [-0.25, -0.2) is 4.98 Å². The third kappa shape index (κ3) is 5.74. The summed E-state index contributed by atoms with van der Waals surface area (Å²) in [6.07, 6.45) is 0. The molecule has 2 heterocycles. The molecule has 11 rings (SSSR count). The molecule has 0 fully saturated rings. The van der Waals surface area contributed by atoms with Gasteiger partial charge < -0.3 is 13.9 Å². The minimum absolute atomic E-state index is 0.637. The van der Waals surface area contributed by atoms with Gasteiger partial charge in [0, 0.05) is 44.5 Å². The van der Waals surface area contributed by atoms with Gasteiger partial charge in [0.2, 0.25) is 5.89 Å². The van der Waals surface area contributed by atoms with Crippen LogP contribution in [0.1, 0.15) is 0 Å². The Balaban J connectivity index is 1.00. The van der Waals surface area contributed by atoms with Crippen molar-refractivity contribution in [1.29, 1.82) is 0 Å². The maximum Gasteiger partial charge on any atom is 0.227 e. The number of anilines is 3. The largest absolute Gasteiger partial charge is 0.435 e. The number of fused-ring (bicyclic) bond motifs is 6. The van der Waals surface area contributed by atoms with Crippen LogP contribution in [0.4, 0.5) is 17.1 Å². The van der Waals surface area contributed by atoms with Gasteiger partial charge >= 0.3 is 0 Å². The van der Waals surface area contributed by atoms with Crippen molar-refractivity contribution in [3.63, 3.8) is 0 Å². The van der Waals surface area contributed by atoms with E-state index in [0.29, 0.717) is 5.89 Å². The van der Waals surface area contributed by atoms with E-state index in [9.17, 15) is 0 Å². The van der Waals surface area contributed by atoms with Gasteiger partial charge in [-0.15, -0.1) is 0 Å². The van der Waals surface area contributed by atoms with Crippen molar-refractivity contribution >= 4 is 60.7 Å². The Bertz CT molecular complexity index is 3200. The van der Waals surface area contributed by atoms with E-state index in [2.05, 4.69) is 191 Å². The Morgan fingerprint density at radius 1 is 0.386 bits per heavy atom. The van der Waals surface area contributed by atoms with Crippen molar-refractivity contribution in [3.05, 3.63) is 212 Å². The summed E-state index contributed by atoms with van der Waals surface area (Å²) in [7, 11) is 0. The van der Waals surface area contributed by atoms with Crippen LogP contribution in [-0.2, 0) is 0 Å². The fourth-order valence-corrected chi connectivity index (χ4v) is 8.24. The molecule has 0 aliphatic heterocycles. The first-order valence-electron chi connectivity index (χ1n) is 19.3. The minimum atomic E-state index is 0.637. The zero-order valence-corrected chi connectivity index (χ0v) is 31.0. The van der Waals surface area contributed by atoms with E-state index in [-0.39, 0.29) is 0 Å². The van der Waals surface area contributed by atoms with Crippen molar-refractivity contribution in [2.75, 3.05) is 4.90 Å². The van der Waals surface area contributed by atoms with E-state index in [1.165, 1.54) is 32.9 Å². The molecule has 4 heteroatoms. The molecule has 0 radical (unpaired) electrons. The topological polar surface area (TPSA) is 34.2 Å². The highest BCUT2D eigenvalue weighted by molar-refractivity contribution is 6.11. The smallest absolute Gasteiger partial charge is 0.227 e. The van der Waals surface area contributed by atoms with Crippen LogP contribution >= 0.6 is 0 Å². The lowest BCUT2D eigenvalue weighted by atomic mass is 10.00. The number of hydrogen-bond donors (Lipinski definition) is 0. The molecule has 0 aliphatic rings. The molecule has 0 N–H and O–H groups in total. The van der Waals surface area contributed by atoms with Crippen LogP contribution < -0.4 is 4.90 Å². The zero-order chi connectivity index (χ0) is 37.7. The van der Waals surface area contributed by atoms with Crippen LogP contribution in [0.2, 0.25) is 0 Å². The van der Waals surface area contributed by atoms with Crippen LogP contribution in [-0.4, -0.2) is 9.55 Å². The fourth-order valence-electron chi connectivity index (χ4n) is 8.24. The van der Waals surface area contributed by atoms with E-state index >= 15 is 0 Å². The second-order valence-electron chi connectivity index (χ2n) is 14.4. The minimum Gasteiger partial charge on any atom is -0.435 e. The first-order valence-corrected chi connectivity index (χ1v) is 19.3. The highest BCUT2D eigenvalue weighted by Crippen LogP contribution is 2.41. The quantitative estimate of drug-likeness (QED) is 0.164. The lowest BCUT2D eigenvalue weighted by molar-refractivity contribution is 0.623. The van der Waals surface area contributed by atoms with Crippen molar-refractivity contribution in [3.8, 4) is 39.4 Å². The average molecular weight is 730 g/mol. The number of oxazole rings is 1. The van der Waals surface area contributed by atoms with Gasteiger partial charge in [-0.3, -0.25) is 0 Å². The van der Waals surface area contributed by atoms with Crippen LogP contribution in [0.15, 0.2) is 217 Å². The molecule has 0 aliphatic carbocycles. The number of aromatic nitrogens is 2. The summed E-state index contributed by atoms with van der Waals surface area (Å²) in [5.74, 6) is 0.637. The number of rotatable bonds is 7. The Hall–Kier alpha value is -7.69. The molecule has 0 spiro atoms. The zero-order valence-electron chi connectivity index (χ0n) is 31.0. The molecule has 0 atom stereocenters. The van der Waals surface area contributed by atoms with Gasteiger partial charge in [-0.1, -0.05) is 121 Å². The van der Waals surface area contributed by atoms with E-state index in [0.717, 1.165) is 61.3 Å². The standard InChI is InChI=1S/C53H35N3O/c1-4-12-36(13-5-1)37-20-26-43(27-21-37)55(45-30-33-51-48(35-45)47-18-10-11-19-50(47)56(51)42-16-8-3-9-17-42)44-28-22-38(23-29-44)40-24-31-46-41(34-40)25-32-49-52(46)57-53(54-49)39-14-6-2-7-15-39/h1-35H. The second kappa shape index (κ2) is 13.6.